The van der Waals surface area contributed by atoms with Gasteiger partial charge in [-0.05, 0) is 91.4 Å². The second-order valence-electron chi connectivity index (χ2n) is 27.9. The fourth-order valence-corrected chi connectivity index (χ4v) is 32.0. The van der Waals surface area contributed by atoms with Crippen LogP contribution in [0.25, 0.3) is 65.9 Å². The lowest BCUT2D eigenvalue weighted by Crippen LogP contribution is -2.65. The molecular formula is C90H106N2Si3. The van der Waals surface area contributed by atoms with Gasteiger partial charge in [-0.3, -0.25) is 0 Å². The van der Waals surface area contributed by atoms with Crippen LogP contribution < -0.4 is 31.1 Å². The summed E-state index contributed by atoms with van der Waals surface area (Å²) >= 11 is 0. The summed E-state index contributed by atoms with van der Waals surface area (Å²) in [6, 6.07) is 106. The van der Waals surface area contributed by atoms with Gasteiger partial charge in [0.15, 0.2) is 0 Å². The van der Waals surface area contributed by atoms with Gasteiger partial charge in [-0.1, -0.05) is 410 Å². The molecule has 0 fully saturated rings. The Hall–Kier alpha value is -7.55. The number of hydrogen-bond acceptors (Lipinski definition) is 0. The Labute approximate surface area is 574 Å². The maximum absolute atomic E-state index is 2.94. The zero-order valence-electron chi connectivity index (χ0n) is 58.0. The molecule has 0 radical (unpaired) electrons. The molecule has 2 aromatic heterocycles. The van der Waals surface area contributed by atoms with Crippen molar-refractivity contribution in [3.05, 3.63) is 255 Å². The zero-order chi connectivity index (χ0) is 65.1. The summed E-state index contributed by atoms with van der Waals surface area (Å²) in [6.07, 6.45) is 28.3. The summed E-state index contributed by atoms with van der Waals surface area (Å²) in [5.74, 6) is 0. The molecule has 0 aliphatic heterocycles. The monoisotopic (exact) mass is 1300 g/mol. The van der Waals surface area contributed by atoms with Gasteiger partial charge in [-0.2, -0.15) is 0 Å². The fourth-order valence-electron chi connectivity index (χ4n) is 16.8. The van der Waals surface area contributed by atoms with Crippen molar-refractivity contribution >= 4 is 99.3 Å². The molecule has 0 aliphatic carbocycles. The number of benzene rings is 10. The van der Waals surface area contributed by atoms with Crippen LogP contribution in [-0.4, -0.2) is 33.0 Å². The van der Waals surface area contributed by atoms with Gasteiger partial charge in [-0.25, -0.2) is 0 Å². The van der Waals surface area contributed by atoms with Crippen molar-refractivity contribution in [2.24, 2.45) is 0 Å². The standard InChI is InChI=1S/C90H106N2Si3/c1-5-9-13-17-21-37-69-93(70-38-22-18-14-10-6-2,77-61-65-81(66-62-77)94(71-39-19-15-11-7-3,79-57-53-75(54-58-79)73-41-25-23-26-42-73)91-87-49-33-29-45-83(87)84-46-30-34-50-88(84)91)78-63-67-82(68-64-78)95(72-40-20-16-12-8-4,80-59-55-76(56-60-80)74-43-27-24-28-44-74)92-89-51-35-31-47-85(89)86-48-32-36-52-90(86)92/h23-36,41-68H,5-22,37-40,69-72H2,1-4H3. The molecule has 12 aromatic rings. The number of aromatic nitrogens is 2. The average Bonchev–Trinajstić information content (AvgIpc) is 1.70. The Morgan fingerprint density at radius 1 is 0.200 bits per heavy atom. The van der Waals surface area contributed by atoms with E-state index in [1.54, 1.807) is 10.4 Å². The molecule has 12 rings (SSSR count). The Morgan fingerprint density at radius 2 is 0.421 bits per heavy atom. The lowest BCUT2D eigenvalue weighted by molar-refractivity contribution is 0.616. The minimum absolute atomic E-state index is 1.15. The van der Waals surface area contributed by atoms with Crippen molar-refractivity contribution in [3.63, 3.8) is 0 Å². The predicted molar refractivity (Wildman–Crippen MR) is 425 cm³/mol. The molecule has 2 heterocycles. The minimum atomic E-state index is -2.87. The van der Waals surface area contributed by atoms with E-state index in [1.165, 1.54) is 240 Å². The zero-order valence-corrected chi connectivity index (χ0v) is 61.0. The summed E-state index contributed by atoms with van der Waals surface area (Å²) in [5.41, 5.74) is 10.6. The molecule has 0 amide bonds. The molecule has 5 heteroatoms. The number of unbranched alkanes of at least 4 members (excludes halogenated alkanes) is 18. The molecular weight excluding hydrogens is 1190 g/mol. The van der Waals surface area contributed by atoms with E-state index in [4.69, 9.17) is 0 Å². The molecule has 0 saturated carbocycles. The highest BCUT2D eigenvalue weighted by Crippen LogP contribution is 2.38. The highest BCUT2D eigenvalue weighted by Gasteiger charge is 2.45. The number of rotatable bonds is 36. The topological polar surface area (TPSA) is 9.86 Å². The van der Waals surface area contributed by atoms with E-state index in [0.717, 1.165) is 12.1 Å². The molecule has 2 atom stereocenters. The Bertz CT molecular complexity index is 3910. The Kier molecular flexibility index (Phi) is 23.4. The van der Waals surface area contributed by atoms with Crippen LogP contribution in [0.1, 0.15) is 169 Å². The van der Waals surface area contributed by atoms with E-state index in [9.17, 15) is 0 Å². The summed E-state index contributed by atoms with van der Waals surface area (Å²) in [4.78, 5) is 0. The summed E-state index contributed by atoms with van der Waals surface area (Å²) in [7, 11) is -8.20. The van der Waals surface area contributed by atoms with Gasteiger partial charge in [0.25, 0.3) is 0 Å². The van der Waals surface area contributed by atoms with Crippen LogP contribution in [0.4, 0.5) is 0 Å². The van der Waals surface area contributed by atoms with Crippen LogP contribution in [-0.2, 0) is 0 Å². The minimum Gasteiger partial charge on any atom is -0.359 e. The third-order valence-electron chi connectivity index (χ3n) is 21.9. The van der Waals surface area contributed by atoms with Crippen molar-refractivity contribution in [3.8, 4) is 22.3 Å². The van der Waals surface area contributed by atoms with Crippen LogP contribution in [0.3, 0.4) is 0 Å². The van der Waals surface area contributed by atoms with E-state index in [0.29, 0.717) is 0 Å². The van der Waals surface area contributed by atoms with Gasteiger partial charge in [0.1, 0.15) is 8.07 Å². The Morgan fingerprint density at radius 3 is 0.716 bits per heavy atom. The average molecular weight is 1300 g/mol. The summed E-state index contributed by atoms with van der Waals surface area (Å²) < 4.78 is 5.87. The lowest BCUT2D eigenvalue weighted by atomic mass is 10.1. The van der Waals surface area contributed by atoms with Gasteiger partial charge < -0.3 is 8.47 Å². The second kappa shape index (κ2) is 32.9. The van der Waals surface area contributed by atoms with E-state index >= 15 is 0 Å². The number of hydrogen-bond donors (Lipinski definition) is 0. The molecule has 0 bridgehead atoms. The number of fused-ring (bicyclic) bond motifs is 6. The molecule has 2 unspecified atom stereocenters. The molecule has 0 N–H and O–H groups in total. The second-order valence-corrected chi connectivity index (χ2v) is 39.9. The van der Waals surface area contributed by atoms with Crippen molar-refractivity contribution in [2.45, 2.75) is 193 Å². The van der Waals surface area contributed by atoms with Gasteiger partial charge in [-0.15, -0.1) is 0 Å². The molecule has 0 saturated heterocycles. The smallest absolute Gasteiger partial charge is 0.225 e. The van der Waals surface area contributed by atoms with Crippen LogP contribution >= 0.6 is 0 Å². The highest BCUT2D eigenvalue weighted by atomic mass is 28.3. The third kappa shape index (κ3) is 14.5. The van der Waals surface area contributed by atoms with Crippen LogP contribution in [0.15, 0.2) is 255 Å². The van der Waals surface area contributed by atoms with Gasteiger partial charge in [0.2, 0.25) is 16.5 Å². The van der Waals surface area contributed by atoms with Crippen molar-refractivity contribution in [1.82, 2.24) is 8.47 Å². The normalized spacial score (nSPS) is 13.3. The first-order chi connectivity index (χ1) is 47.0. The van der Waals surface area contributed by atoms with Crippen molar-refractivity contribution in [2.75, 3.05) is 0 Å². The van der Waals surface area contributed by atoms with Crippen LogP contribution in [0.2, 0.25) is 24.2 Å². The van der Waals surface area contributed by atoms with E-state index < -0.39 is 24.5 Å². The summed E-state index contributed by atoms with van der Waals surface area (Å²) in [5, 5.41) is 14.8. The molecule has 2 nitrogen and oxygen atoms in total. The maximum Gasteiger partial charge on any atom is 0.225 e. The first-order valence-corrected chi connectivity index (χ1v) is 44.2. The largest absolute Gasteiger partial charge is 0.359 e. The molecule has 0 spiro atoms. The number of para-hydroxylation sites is 4. The predicted octanol–water partition coefficient (Wildman–Crippen LogP) is 22.7. The van der Waals surface area contributed by atoms with Gasteiger partial charge >= 0.3 is 0 Å². The molecule has 0 aliphatic rings. The first-order valence-electron chi connectivity index (χ1n) is 37.5. The molecule has 95 heavy (non-hydrogen) atoms. The summed E-state index contributed by atoms with van der Waals surface area (Å²) in [6.45, 7) is 9.44. The van der Waals surface area contributed by atoms with E-state index in [1.807, 2.05) is 0 Å². The van der Waals surface area contributed by atoms with Crippen LogP contribution in [0.5, 0.6) is 0 Å². The number of nitrogens with zero attached hydrogens (tertiary/aromatic N) is 2. The lowest BCUT2D eigenvalue weighted by Gasteiger charge is -2.39. The van der Waals surface area contributed by atoms with E-state index in [2.05, 4.69) is 291 Å². The third-order valence-corrected chi connectivity index (χ3v) is 37.0. The molecule has 10 aromatic carbocycles. The van der Waals surface area contributed by atoms with Gasteiger partial charge in [0.05, 0.1) is 0 Å². The SMILES string of the molecule is CCCCCCCC[Si](CCCCCCCC)(c1ccc([Si](CCCCCCC)(c2ccc(-c3ccccc3)cc2)n2c3ccccc3c3ccccc32)cc1)c1ccc([Si](CCCCCCC)(c2ccc(-c3ccccc3)cc2)n2c3ccccc3c3ccccc32)cc1. The highest BCUT2D eigenvalue weighted by molar-refractivity contribution is 7.04. The maximum atomic E-state index is 2.94. The van der Waals surface area contributed by atoms with Crippen molar-refractivity contribution in [1.29, 1.82) is 0 Å². The van der Waals surface area contributed by atoms with Crippen LogP contribution in [0, 0.1) is 0 Å². The molecule has 488 valence electrons. The van der Waals surface area contributed by atoms with E-state index in [-0.39, 0.29) is 0 Å². The Balaban J connectivity index is 1.06. The van der Waals surface area contributed by atoms with Crippen molar-refractivity contribution < 1.29 is 0 Å². The van der Waals surface area contributed by atoms with Gasteiger partial charge in [0, 0.05) is 43.6 Å². The first kappa shape index (κ1) is 67.4. The fraction of sp³-hybridized carbons (Fsp3) is 0.333. The quantitative estimate of drug-likeness (QED) is 0.0274.